The first-order chi connectivity index (χ1) is 7.61. The van der Waals surface area contributed by atoms with Crippen molar-refractivity contribution in [2.24, 2.45) is 5.73 Å². The van der Waals surface area contributed by atoms with Gasteiger partial charge in [0.05, 0.1) is 0 Å². The quantitative estimate of drug-likeness (QED) is 0.416. The topological polar surface area (TPSA) is 102 Å². The molecule has 0 bridgehead atoms. The van der Waals surface area contributed by atoms with E-state index in [1.807, 2.05) is 0 Å². The Hall–Kier alpha value is -1.56. The fourth-order valence-electron chi connectivity index (χ4n) is 1.07. The molecule has 92 valence electrons. The Labute approximate surface area is 94.5 Å². The molecule has 1 unspecified atom stereocenters. The number of alkyl carbamates (subject to hydrolysis) is 1. The van der Waals surface area contributed by atoms with Gasteiger partial charge in [-0.25, -0.2) is 9.59 Å². The van der Waals surface area contributed by atoms with Crippen LogP contribution < -0.4 is 11.1 Å². The van der Waals surface area contributed by atoms with Crippen LogP contribution in [0, 0.1) is 0 Å². The van der Waals surface area contributed by atoms with Crippen molar-refractivity contribution < 1.29 is 19.4 Å². The maximum Gasteiger partial charge on any atom is 0.408 e. The highest BCUT2D eigenvalue weighted by atomic mass is 16.5. The summed E-state index contributed by atoms with van der Waals surface area (Å²) < 4.78 is 4.62. The van der Waals surface area contributed by atoms with Crippen LogP contribution in [0.25, 0.3) is 0 Å². The molecule has 0 aromatic heterocycles. The van der Waals surface area contributed by atoms with Gasteiger partial charge in [0.15, 0.2) is 0 Å². The number of nitrogens with one attached hydrogen (secondary N) is 1. The average Bonchev–Trinajstić information content (AvgIpc) is 2.25. The van der Waals surface area contributed by atoms with Crippen molar-refractivity contribution in [3.63, 3.8) is 0 Å². The number of carbonyl (C=O) groups excluding carboxylic acids is 1. The van der Waals surface area contributed by atoms with Crippen molar-refractivity contribution >= 4 is 12.1 Å². The number of hydrogen-bond acceptors (Lipinski definition) is 4. The summed E-state index contributed by atoms with van der Waals surface area (Å²) in [5.41, 5.74) is 5.29. The van der Waals surface area contributed by atoms with E-state index in [0.717, 1.165) is 6.42 Å². The number of carboxylic acids is 1. The lowest BCUT2D eigenvalue weighted by Gasteiger charge is -2.13. The molecule has 0 fully saturated rings. The molecular formula is C10H18N2O4. The Morgan fingerprint density at radius 1 is 1.50 bits per heavy atom. The fraction of sp³-hybridized carbons (Fsp3) is 0.600. The van der Waals surface area contributed by atoms with E-state index in [2.05, 4.69) is 16.6 Å². The minimum Gasteiger partial charge on any atom is -0.480 e. The second-order valence-electron chi connectivity index (χ2n) is 3.21. The molecule has 0 rings (SSSR count). The fourth-order valence-corrected chi connectivity index (χ4v) is 1.07. The normalized spacial score (nSPS) is 11.6. The molecule has 0 heterocycles. The zero-order chi connectivity index (χ0) is 12.4. The lowest BCUT2D eigenvalue weighted by molar-refractivity contribution is -0.139. The molecule has 0 saturated heterocycles. The molecular weight excluding hydrogens is 212 g/mol. The maximum absolute atomic E-state index is 11.1. The van der Waals surface area contributed by atoms with Gasteiger partial charge in [-0.3, -0.25) is 0 Å². The summed E-state index contributed by atoms with van der Waals surface area (Å²) in [6, 6.07) is -0.927. The summed E-state index contributed by atoms with van der Waals surface area (Å²) in [7, 11) is 0. The van der Waals surface area contributed by atoms with Gasteiger partial charge in [0.25, 0.3) is 0 Å². The zero-order valence-electron chi connectivity index (χ0n) is 9.15. The Kier molecular flexibility index (Phi) is 7.87. The number of ether oxygens (including phenoxy) is 1. The summed E-state index contributed by atoms with van der Waals surface area (Å²) in [5, 5.41) is 11.1. The van der Waals surface area contributed by atoms with Crippen molar-refractivity contribution in [1.29, 1.82) is 0 Å². The Morgan fingerprint density at radius 2 is 2.19 bits per heavy atom. The first-order valence-electron chi connectivity index (χ1n) is 5.08. The largest absolute Gasteiger partial charge is 0.480 e. The van der Waals surface area contributed by atoms with E-state index in [0.29, 0.717) is 19.4 Å². The Morgan fingerprint density at radius 3 is 2.69 bits per heavy atom. The third-order valence-corrected chi connectivity index (χ3v) is 1.87. The number of carbonyl (C=O) groups is 2. The summed E-state index contributed by atoms with van der Waals surface area (Å²) in [6.45, 7) is 3.94. The summed E-state index contributed by atoms with van der Waals surface area (Å²) in [5.74, 6) is -1.08. The second-order valence-corrected chi connectivity index (χ2v) is 3.21. The molecule has 1 amide bonds. The predicted octanol–water partition coefficient (Wildman–Crippen LogP) is 0.481. The molecule has 0 spiro atoms. The summed E-state index contributed by atoms with van der Waals surface area (Å²) >= 11 is 0. The van der Waals surface area contributed by atoms with Crippen molar-refractivity contribution in [2.75, 3.05) is 13.2 Å². The molecule has 6 heteroatoms. The SMILES string of the molecule is C=CCOC(=O)NC(CCCCN)C(=O)O. The van der Waals surface area contributed by atoms with E-state index in [1.165, 1.54) is 6.08 Å². The lowest BCUT2D eigenvalue weighted by atomic mass is 10.1. The van der Waals surface area contributed by atoms with Crippen molar-refractivity contribution in [3.8, 4) is 0 Å². The first kappa shape index (κ1) is 14.4. The number of aliphatic carboxylic acids is 1. The van der Waals surface area contributed by atoms with Gasteiger partial charge in [0, 0.05) is 0 Å². The third-order valence-electron chi connectivity index (χ3n) is 1.87. The van der Waals surface area contributed by atoms with Crippen LogP contribution in [0.1, 0.15) is 19.3 Å². The average molecular weight is 230 g/mol. The number of nitrogens with two attached hydrogens (primary N) is 1. The molecule has 0 aromatic rings. The van der Waals surface area contributed by atoms with Crippen molar-refractivity contribution in [1.82, 2.24) is 5.32 Å². The van der Waals surface area contributed by atoms with Gasteiger partial charge in [0.2, 0.25) is 0 Å². The van der Waals surface area contributed by atoms with Gasteiger partial charge in [-0.1, -0.05) is 12.7 Å². The van der Waals surface area contributed by atoms with E-state index >= 15 is 0 Å². The standard InChI is InChI=1S/C10H18N2O4/c1-2-7-16-10(15)12-8(9(13)14)5-3-4-6-11/h2,8H,1,3-7,11H2,(H,12,15)(H,13,14). The van der Waals surface area contributed by atoms with E-state index < -0.39 is 18.1 Å². The molecule has 0 radical (unpaired) electrons. The highest BCUT2D eigenvalue weighted by Crippen LogP contribution is 2.01. The first-order valence-corrected chi connectivity index (χ1v) is 5.08. The highest BCUT2D eigenvalue weighted by Gasteiger charge is 2.19. The number of hydrogen-bond donors (Lipinski definition) is 3. The summed E-state index contributed by atoms with van der Waals surface area (Å²) in [4.78, 5) is 21.9. The molecule has 0 saturated carbocycles. The van der Waals surface area contributed by atoms with Crippen LogP contribution in [-0.2, 0) is 9.53 Å². The van der Waals surface area contributed by atoms with Gasteiger partial charge in [-0.15, -0.1) is 0 Å². The van der Waals surface area contributed by atoms with Crippen LogP contribution in [0.4, 0.5) is 4.79 Å². The van der Waals surface area contributed by atoms with E-state index in [-0.39, 0.29) is 6.61 Å². The van der Waals surface area contributed by atoms with Gasteiger partial charge >= 0.3 is 12.1 Å². The van der Waals surface area contributed by atoms with E-state index in [1.54, 1.807) is 0 Å². The van der Waals surface area contributed by atoms with Crippen LogP contribution in [-0.4, -0.2) is 36.4 Å². The molecule has 0 aromatic carbocycles. The molecule has 16 heavy (non-hydrogen) atoms. The number of unbranched alkanes of at least 4 members (excludes halogenated alkanes) is 1. The van der Waals surface area contributed by atoms with Gasteiger partial charge in [-0.2, -0.15) is 0 Å². The second kappa shape index (κ2) is 8.72. The van der Waals surface area contributed by atoms with Crippen LogP contribution in [0.5, 0.6) is 0 Å². The minimum atomic E-state index is -1.08. The molecule has 0 aliphatic carbocycles. The Balaban J connectivity index is 3.96. The van der Waals surface area contributed by atoms with Crippen molar-refractivity contribution in [3.05, 3.63) is 12.7 Å². The van der Waals surface area contributed by atoms with Crippen molar-refractivity contribution in [2.45, 2.75) is 25.3 Å². The molecule has 0 aliphatic heterocycles. The monoisotopic (exact) mass is 230 g/mol. The molecule has 4 N–H and O–H groups in total. The molecule has 0 aliphatic rings. The van der Waals surface area contributed by atoms with Gasteiger partial charge in [0.1, 0.15) is 12.6 Å². The molecule has 6 nitrogen and oxygen atoms in total. The number of rotatable bonds is 8. The zero-order valence-corrected chi connectivity index (χ0v) is 9.15. The molecule has 1 atom stereocenters. The van der Waals surface area contributed by atoms with E-state index in [9.17, 15) is 9.59 Å². The highest BCUT2D eigenvalue weighted by molar-refractivity contribution is 5.79. The number of carboxylic acid groups (broad SMARTS) is 1. The van der Waals surface area contributed by atoms with Crippen LogP contribution in [0.2, 0.25) is 0 Å². The van der Waals surface area contributed by atoms with E-state index in [4.69, 9.17) is 10.8 Å². The lowest BCUT2D eigenvalue weighted by Crippen LogP contribution is -2.41. The third kappa shape index (κ3) is 6.83. The Bertz CT molecular complexity index is 243. The van der Waals surface area contributed by atoms with Crippen LogP contribution in [0.15, 0.2) is 12.7 Å². The number of amides is 1. The van der Waals surface area contributed by atoms with Gasteiger partial charge < -0.3 is 20.9 Å². The predicted molar refractivity (Wildman–Crippen MR) is 59.0 cm³/mol. The maximum atomic E-state index is 11.1. The smallest absolute Gasteiger partial charge is 0.408 e. The minimum absolute atomic E-state index is 0.0565. The van der Waals surface area contributed by atoms with Crippen LogP contribution >= 0.6 is 0 Å². The summed E-state index contributed by atoms with van der Waals surface area (Å²) in [6.07, 6.45) is 2.38. The van der Waals surface area contributed by atoms with Crippen LogP contribution in [0.3, 0.4) is 0 Å². The van der Waals surface area contributed by atoms with Gasteiger partial charge in [-0.05, 0) is 25.8 Å².